The Morgan fingerprint density at radius 3 is 2.80 bits per heavy atom. The first-order chi connectivity index (χ1) is 12.1. The summed E-state index contributed by atoms with van der Waals surface area (Å²) in [6.07, 6.45) is 7.44. The molecule has 1 N–H and O–H groups in total. The van der Waals surface area contributed by atoms with Crippen LogP contribution in [-0.2, 0) is 4.79 Å². The molecule has 3 saturated heterocycles. The van der Waals surface area contributed by atoms with Crippen LogP contribution in [0, 0.1) is 17.7 Å². The Labute approximate surface area is 147 Å². The maximum absolute atomic E-state index is 13.2. The maximum atomic E-state index is 13.2. The quantitative estimate of drug-likeness (QED) is 0.896. The minimum absolute atomic E-state index is 0.0326. The highest BCUT2D eigenvalue weighted by molar-refractivity contribution is 5.72. The lowest BCUT2D eigenvalue weighted by atomic mass is 9.72. The number of hydrogen-bond acceptors (Lipinski definition) is 5. The highest BCUT2D eigenvalue weighted by Crippen LogP contribution is 2.41. The molecule has 0 radical (unpaired) electrons. The third-order valence-electron chi connectivity index (χ3n) is 6.07. The predicted octanol–water partition coefficient (Wildman–Crippen LogP) is 1.43. The van der Waals surface area contributed by atoms with Crippen LogP contribution in [0.15, 0.2) is 12.4 Å². The van der Waals surface area contributed by atoms with Crippen molar-refractivity contribution in [2.45, 2.75) is 44.7 Å². The molecule has 0 saturated carbocycles. The summed E-state index contributed by atoms with van der Waals surface area (Å²) in [5.41, 5.74) is 0. The number of halogens is 1. The number of fused-ring (bicyclic) bond motifs is 4. The number of nitrogens with zero attached hydrogens (tertiary/aromatic N) is 4. The number of piperidine rings is 3. The van der Waals surface area contributed by atoms with Crippen LogP contribution in [0.25, 0.3) is 0 Å². The molecule has 136 valence electrons. The summed E-state index contributed by atoms with van der Waals surface area (Å²) < 4.78 is 13.2. The Hall–Kier alpha value is -1.76. The number of amides is 1. The van der Waals surface area contributed by atoms with Crippen molar-refractivity contribution in [1.82, 2.24) is 20.2 Å². The summed E-state index contributed by atoms with van der Waals surface area (Å²) in [5, 5.41) is 3.03. The molecule has 1 amide bonds. The third kappa shape index (κ3) is 3.34. The van der Waals surface area contributed by atoms with E-state index < -0.39 is 5.82 Å². The van der Waals surface area contributed by atoms with Gasteiger partial charge in [0.1, 0.15) is 0 Å². The fourth-order valence-corrected chi connectivity index (χ4v) is 5.07. The number of hydrogen-bond donors (Lipinski definition) is 1. The van der Waals surface area contributed by atoms with Gasteiger partial charge in [0.25, 0.3) is 0 Å². The number of nitrogens with one attached hydrogen (secondary N) is 1. The van der Waals surface area contributed by atoms with E-state index in [0.29, 0.717) is 36.4 Å². The molecule has 7 heteroatoms. The van der Waals surface area contributed by atoms with Gasteiger partial charge in [0, 0.05) is 38.6 Å². The van der Waals surface area contributed by atoms with E-state index >= 15 is 0 Å². The van der Waals surface area contributed by atoms with Crippen LogP contribution in [0.2, 0.25) is 0 Å². The molecule has 1 aromatic heterocycles. The minimum atomic E-state index is -0.400. The van der Waals surface area contributed by atoms with Gasteiger partial charge in [0.2, 0.25) is 11.9 Å². The molecule has 4 heterocycles. The summed E-state index contributed by atoms with van der Waals surface area (Å²) in [6.45, 7) is 5.24. The molecule has 3 aliphatic rings. The molecule has 3 fully saturated rings. The average Bonchev–Trinajstić information content (AvgIpc) is 2.62. The monoisotopic (exact) mass is 347 g/mol. The molecule has 0 aliphatic carbocycles. The van der Waals surface area contributed by atoms with Crippen molar-refractivity contribution >= 4 is 11.9 Å². The molecule has 0 unspecified atom stereocenters. The Morgan fingerprint density at radius 2 is 2.04 bits per heavy atom. The van der Waals surface area contributed by atoms with Crippen molar-refractivity contribution in [1.29, 1.82) is 0 Å². The van der Waals surface area contributed by atoms with Crippen molar-refractivity contribution in [3.63, 3.8) is 0 Å². The van der Waals surface area contributed by atoms with Crippen LogP contribution < -0.4 is 10.2 Å². The lowest BCUT2D eigenvalue weighted by Gasteiger charge is -2.56. The number of rotatable bonds is 3. The standard InChI is InChI=1S/C18H26FN5O/c1-12(25)20-9-17-14-6-13(16-4-2-3-5-24(16)17)10-23(11-14)18-21-7-15(19)8-22-18/h7-8,13-14,16-17H,2-6,9-11H2,1H3,(H,20,25)/t13-,14+,16+,17+/m1/s1. The van der Waals surface area contributed by atoms with Crippen LogP contribution in [0.4, 0.5) is 10.3 Å². The van der Waals surface area contributed by atoms with E-state index in [1.54, 1.807) is 6.92 Å². The Kier molecular flexibility index (Phi) is 4.58. The van der Waals surface area contributed by atoms with Gasteiger partial charge in [-0.2, -0.15) is 0 Å². The second kappa shape index (κ2) is 6.86. The van der Waals surface area contributed by atoms with Gasteiger partial charge in [-0.15, -0.1) is 0 Å². The van der Waals surface area contributed by atoms with Crippen molar-refractivity contribution in [3.8, 4) is 0 Å². The number of anilines is 1. The summed E-state index contributed by atoms with van der Waals surface area (Å²) >= 11 is 0. The topological polar surface area (TPSA) is 61.4 Å². The molecule has 4 rings (SSSR count). The summed E-state index contributed by atoms with van der Waals surface area (Å²) in [5.74, 6) is 1.33. The molecule has 0 aromatic carbocycles. The van der Waals surface area contributed by atoms with Crippen molar-refractivity contribution in [2.24, 2.45) is 11.8 Å². The van der Waals surface area contributed by atoms with E-state index in [4.69, 9.17) is 0 Å². The van der Waals surface area contributed by atoms with Gasteiger partial charge < -0.3 is 10.2 Å². The molecule has 1 aromatic rings. The predicted molar refractivity (Wildman–Crippen MR) is 92.6 cm³/mol. The molecular formula is C18H26FN5O. The molecule has 25 heavy (non-hydrogen) atoms. The zero-order chi connectivity index (χ0) is 17.4. The molecule has 6 nitrogen and oxygen atoms in total. The Bertz CT molecular complexity index is 624. The first-order valence-corrected chi connectivity index (χ1v) is 9.34. The van der Waals surface area contributed by atoms with Gasteiger partial charge in [-0.25, -0.2) is 14.4 Å². The smallest absolute Gasteiger partial charge is 0.225 e. The second-order valence-corrected chi connectivity index (χ2v) is 7.67. The minimum Gasteiger partial charge on any atom is -0.355 e. The van der Waals surface area contributed by atoms with Gasteiger partial charge >= 0.3 is 0 Å². The van der Waals surface area contributed by atoms with E-state index in [9.17, 15) is 9.18 Å². The SMILES string of the molecule is CC(=O)NC[C@H]1[C@H]2C[C@H](CN(c3ncc(F)cn3)C2)[C@@H]2CCCCN21. The van der Waals surface area contributed by atoms with Gasteiger partial charge in [0.05, 0.1) is 12.4 Å². The molecule has 0 spiro atoms. The fourth-order valence-electron chi connectivity index (χ4n) is 5.07. The fraction of sp³-hybridized carbons (Fsp3) is 0.722. The molecule has 3 aliphatic heterocycles. The van der Waals surface area contributed by atoms with E-state index in [1.807, 2.05) is 0 Å². The van der Waals surface area contributed by atoms with Gasteiger partial charge in [-0.1, -0.05) is 6.42 Å². The van der Waals surface area contributed by atoms with Crippen LogP contribution in [0.5, 0.6) is 0 Å². The summed E-state index contributed by atoms with van der Waals surface area (Å²) in [7, 11) is 0. The lowest BCUT2D eigenvalue weighted by molar-refractivity contribution is -0.119. The second-order valence-electron chi connectivity index (χ2n) is 7.67. The first-order valence-electron chi connectivity index (χ1n) is 9.34. The lowest BCUT2D eigenvalue weighted by Crippen LogP contribution is -2.65. The maximum Gasteiger partial charge on any atom is 0.225 e. The highest BCUT2D eigenvalue weighted by Gasteiger charge is 2.47. The van der Waals surface area contributed by atoms with Crippen LogP contribution in [-0.4, -0.2) is 59.0 Å². The highest BCUT2D eigenvalue weighted by atomic mass is 19.1. The molecule has 2 bridgehead atoms. The van der Waals surface area contributed by atoms with E-state index in [0.717, 1.165) is 19.6 Å². The third-order valence-corrected chi connectivity index (χ3v) is 6.07. The Morgan fingerprint density at radius 1 is 1.28 bits per heavy atom. The number of carbonyl (C=O) groups is 1. The van der Waals surface area contributed by atoms with E-state index in [-0.39, 0.29) is 5.91 Å². The first kappa shape index (κ1) is 16.7. The summed E-state index contributed by atoms with van der Waals surface area (Å²) in [4.78, 5) is 24.7. The van der Waals surface area contributed by atoms with Crippen LogP contribution in [0.1, 0.15) is 32.6 Å². The van der Waals surface area contributed by atoms with Crippen LogP contribution in [0.3, 0.4) is 0 Å². The normalized spacial score (nSPS) is 32.2. The molecular weight excluding hydrogens is 321 g/mol. The van der Waals surface area contributed by atoms with Gasteiger partial charge in [-0.3, -0.25) is 9.69 Å². The summed E-state index contributed by atoms with van der Waals surface area (Å²) in [6, 6.07) is 0.945. The number of carbonyl (C=O) groups excluding carboxylic acids is 1. The van der Waals surface area contributed by atoms with E-state index in [2.05, 4.69) is 25.1 Å². The van der Waals surface area contributed by atoms with Gasteiger partial charge in [-0.05, 0) is 37.6 Å². The average molecular weight is 347 g/mol. The van der Waals surface area contributed by atoms with Crippen LogP contribution >= 0.6 is 0 Å². The van der Waals surface area contributed by atoms with Crippen molar-refractivity contribution < 1.29 is 9.18 Å². The van der Waals surface area contributed by atoms with Crippen molar-refractivity contribution in [2.75, 3.05) is 31.1 Å². The zero-order valence-electron chi connectivity index (χ0n) is 14.7. The van der Waals surface area contributed by atoms with Gasteiger partial charge in [0.15, 0.2) is 5.82 Å². The number of aromatic nitrogens is 2. The van der Waals surface area contributed by atoms with E-state index in [1.165, 1.54) is 38.1 Å². The largest absolute Gasteiger partial charge is 0.355 e. The molecule has 4 atom stereocenters. The zero-order valence-corrected chi connectivity index (χ0v) is 14.7. The van der Waals surface area contributed by atoms with Crippen molar-refractivity contribution in [3.05, 3.63) is 18.2 Å². The Balaban J connectivity index is 1.56.